The van der Waals surface area contributed by atoms with Crippen LogP contribution in [-0.2, 0) is 4.79 Å². The molecule has 1 heterocycles. The lowest BCUT2D eigenvalue weighted by Gasteiger charge is -2.09. The second kappa shape index (κ2) is 3.69. The number of aliphatic carboxylic acids is 1. The number of rotatable bonds is 2. The third kappa shape index (κ3) is 1.68. The van der Waals surface area contributed by atoms with Gasteiger partial charge in [0.1, 0.15) is 0 Å². The predicted octanol–water partition coefficient (Wildman–Crippen LogP) is 2.42. The minimum Gasteiger partial charge on any atom is -0.481 e. The van der Waals surface area contributed by atoms with Crippen molar-refractivity contribution >= 4 is 16.7 Å². The summed E-state index contributed by atoms with van der Waals surface area (Å²) in [6.07, 6.45) is 3.42. The Morgan fingerprint density at radius 2 is 2.20 bits per heavy atom. The largest absolute Gasteiger partial charge is 0.481 e. The summed E-state index contributed by atoms with van der Waals surface area (Å²) in [5.74, 6) is -1.30. The van der Waals surface area contributed by atoms with Crippen LogP contribution in [0, 0.1) is 0 Å². The van der Waals surface area contributed by atoms with E-state index < -0.39 is 11.9 Å². The molecule has 1 atom stereocenters. The van der Waals surface area contributed by atoms with Gasteiger partial charge in [0, 0.05) is 17.8 Å². The van der Waals surface area contributed by atoms with Crippen LogP contribution in [0.4, 0.5) is 0 Å². The fourth-order valence-electron chi connectivity index (χ4n) is 1.66. The number of benzene rings is 1. The molecule has 0 unspecified atom stereocenters. The van der Waals surface area contributed by atoms with Gasteiger partial charge in [0.15, 0.2) is 0 Å². The van der Waals surface area contributed by atoms with Crippen LogP contribution < -0.4 is 0 Å². The lowest BCUT2D eigenvalue weighted by molar-refractivity contribution is -0.138. The summed E-state index contributed by atoms with van der Waals surface area (Å²) in [7, 11) is 0. The van der Waals surface area contributed by atoms with Gasteiger partial charge in [-0.05, 0) is 23.9 Å². The fraction of sp³-hybridized carbons (Fsp3) is 0.167. The van der Waals surface area contributed by atoms with E-state index in [-0.39, 0.29) is 0 Å². The zero-order valence-electron chi connectivity index (χ0n) is 8.34. The monoisotopic (exact) mass is 201 g/mol. The number of hydrogen-bond acceptors (Lipinski definition) is 2. The Labute approximate surface area is 87.4 Å². The van der Waals surface area contributed by atoms with Gasteiger partial charge in [0.25, 0.3) is 0 Å². The summed E-state index contributed by atoms with van der Waals surface area (Å²) in [6.45, 7) is 1.69. The zero-order valence-corrected chi connectivity index (χ0v) is 8.34. The first-order valence-electron chi connectivity index (χ1n) is 4.75. The summed E-state index contributed by atoms with van der Waals surface area (Å²) >= 11 is 0. The first kappa shape index (κ1) is 9.65. The van der Waals surface area contributed by atoms with Crippen LogP contribution in [0.1, 0.15) is 18.4 Å². The van der Waals surface area contributed by atoms with E-state index in [2.05, 4.69) is 4.98 Å². The highest BCUT2D eigenvalue weighted by molar-refractivity contribution is 5.89. The van der Waals surface area contributed by atoms with Crippen molar-refractivity contribution in [2.45, 2.75) is 12.8 Å². The van der Waals surface area contributed by atoms with Gasteiger partial charge in [-0.1, -0.05) is 18.2 Å². The maximum absolute atomic E-state index is 10.9. The third-order valence-corrected chi connectivity index (χ3v) is 2.55. The maximum atomic E-state index is 10.9. The normalized spacial score (nSPS) is 12.6. The van der Waals surface area contributed by atoms with E-state index in [1.165, 1.54) is 0 Å². The molecule has 0 bridgehead atoms. The topological polar surface area (TPSA) is 50.2 Å². The van der Waals surface area contributed by atoms with Crippen molar-refractivity contribution in [2.75, 3.05) is 0 Å². The molecule has 0 aliphatic heterocycles. The van der Waals surface area contributed by atoms with Gasteiger partial charge in [0.05, 0.1) is 5.92 Å². The first-order chi connectivity index (χ1) is 7.20. The molecule has 76 valence electrons. The molecular formula is C12H11NO2. The van der Waals surface area contributed by atoms with Crippen LogP contribution in [0.2, 0.25) is 0 Å². The molecule has 3 heteroatoms. The van der Waals surface area contributed by atoms with Crippen LogP contribution in [0.5, 0.6) is 0 Å². The summed E-state index contributed by atoms with van der Waals surface area (Å²) in [5, 5.41) is 10.9. The molecule has 0 radical (unpaired) electrons. The van der Waals surface area contributed by atoms with Crippen molar-refractivity contribution in [3.05, 3.63) is 42.2 Å². The van der Waals surface area contributed by atoms with Gasteiger partial charge >= 0.3 is 5.97 Å². The molecule has 0 saturated carbocycles. The van der Waals surface area contributed by atoms with Gasteiger partial charge in [-0.15, -0.1) is 0 Å². The second-order valence-electron chi connectivity index (χ2n) is 3.50. The van der Waals surface area contributed by atoms with Gasteiger partial charge in [0.2, 0.25) is 0 Å². The molecule has 2 aromatic rings. The van der Waals surface area contributed by atoms with E-state index >= 15 is 0 Å². The summed E-state index contributed by atoms with van der Waals surface area (Å²) in [6, 6.07) is 7.49. The molecule has 0 fully saturated rings. The number of fused-ring (bicyclic) bond motifs is 1. The summed E-state index contributed by atoms with van der Waals surface area (Å²) in [5.41, 5.74) is 0.836. The second-order valence-corrected chi connectivity index (χ2v) is 3.50. The van der Waals surface area contributed by atoms with E-state index in [1.54, 1.807) is 19.3 Å². The minimum absolute atomic E-state index is 0.490. The first-order valence-corrected chi connectivity index (χ1v) is 4.75. The number of hydrogen-bond donors (Lipinski definition) is 1. The van der Waals surface area contributed by atoms with Gasteiger partial charge in [-0.3, -0.25) is 9.78 Å². The average molecular weight is 201 g/mol. The Morgan fingerprint density at radius 1 is 1.40 bits per heavy atom. The number of aromatic nitrogens is 1. The van der Waals surface area contributed by atoms with Crippen molar-refractivity contribution in [1.82, 2.24) is 4.98 Å². The SMILES string of the molecule is C[C@H](C(=O)O)c1cccc2cnccc12. The quantitative estimate of drug-likeness (QED) is 0.811. The third-order valence-electron chi connectivity index (χ3n) is 2.55. The van der Waals surface area contributed by atoms with Crippen molar-refractivity contribution in [1.29, 1.82) is 0 Å². The predicted molar refractivity (Wildman–Crippen MR) is 57.8 cm³/mol. The van der Waals surface area contributed by atoms with E-state index in [0.29, 0.717) is 0 Å². The number of carboxylic acid groups (broad SMARTS) is 1. The molecule has 3 nitrogen and oxygen atoms in total. The Kier molecular flexibility index (Phi) is 2.37. The lowest BCUT2D eigenvalue weighted by Crippen LogP contribution is -2.07. The molecule has 1 N–H and O–H groups in total. The molecule has 15 heavy (non-hydrogen) atoms. The Morgan fingerprint density at radius 3 is 2.93 bits per heavy atom. The standard InChI is InChI=1S/C12H11NO2/c1-8(12(14)15)10-4-2-3-9-7-13-6-5-11(9)10/h2-8H,1H3,(H,14,15)/t8-/m0/s1. The van der Waals surface area contributed by atoms with Crippen molar-refractivity contribution < 1.29 is 9.90 Å². The molecular weight excluding hydrogens is 190 g/mol. The Balaban J connectivity index is 2.65. The smallest absolute Gasteiger partial charge is 0.310 e. The van der Waals surface area contributed by atoms with Crippen LogP contribution >= 0.6 is 0 Å². The maximum Gasteiger partial charge on any atom is 0.310 e. The minimum atomic E-state index is -0.806. The average Bonchev–Trinajstić information content (AvgIpc) is 2.27. The molecule has 1 aromatic carbocycles. The molecule has 1 aromatic heterocycles. The Hall–Kier alpha value is -1.90. The van der Waals surface area contributed by atoms with Crippen molar-refractivity contribution in [3.63, 3.8) is 0 Å². The molecule has 0 aliphatic rings. The van der Waals surface area contributed by atoms with E-state index in [9.17, 15) is 4.79 Å². The van der Waals surface area contributed by atoms with Crippen molar-refractivity contribution in [3.8, 4) is 0 Å². The number of nitrogens with zero attached hydrogens (tertiary/aromatic N) is 1. The van der Waals surface area contributed by atoms with E-state index in [0.717, 1.165) is 16.3 Å². The van der Waals surface area contributed by atoms with E-state index in [1.807, 2.05) is 24.3 Å². The summed E-state index contributed by atoms with van der Waals surface area (Å²) in [4.78, 5) is 14.9. The zero-order chi connectivity index (χ0) is 10.8. The van der Waals surface area contributed by atoms with Crippen LogP contribution in [0.15, 0.2) is 36.7 Å². The number of carboxylic acids is 1. The number of carbonyl (C=O) groups is 1. The van der Waals surface area contributed by atoms with Crippen molar-refractivity contribution in [2.24, 2.45) is 0 Å². The van der Waals surface area contributed by atoms with Gasteiger partial charge in [-0.2, -0.15) is 0 Å². The van der Waals surface area contributed by atoms with E-state index in [4.69, 9.17) is 5.11 Å². The molecule has 0 aliphatic carbocycles. The summed E-state index contributed by atoms with van der Waals surface area (Å²) < 4.78 is 0. The highest BCUT2D eigenvalue weighted by Gasteiger charge is 2.15. The van der Waals surface area contributed by atoms with Crippen LogP contribution in [0.25, 0.3) is 10.8 Å². The fourth-order valence-corrected chi connectivity index (χ4v) is 1.66. The highest BCUT2D eigenvalue weighted by atomic mass is 16.4. The molecule has 0 amide bonds. The van der Waals surface area contributed by atoms with Gasteiger partial charge < -0.3 is 5.11 Å². The van der Waals surface area contributed by atoms with Crippen LogP contribution in [0.3, 0.4) is 0 Å². The molecule has 0 spiro atoms. The molecule has 2 rings (SSSR count). The van der Waals surface area contributed by atoms with Crippen LogP contribution in [-0.4, -0.2) is 16.1 Å². The number of pyridine rings is 1. The highest BCUT2D eigenvalue weighted by Crippen LogP contribution is 2.24. The molecule has 0 saturated heterocycles. The lowest BCUT2D eigenvalue weighted by atomic mass is 9.96. The van der Waals surface area contributed by atoms with Gasteiger partial charge in [-0.25, -0.2) is 0 Å². The Bertz CT molecular complexity index is 502.